The van der Waals surface area contributed by atoms with E-state index in [0.717, 1.165) is 18.1 Å². The van der Waals surface area contributed by atoms with Crippen molar-refractivity contribution in [1.29, 1.82) is 0 Å². The van der Waals surface area contributed by atoms with E-state index in [-0.39, 0.29) is 11.9 Å². The highest BCUT2D eigenvalue weighted by Crippen LogP contribution is 2.10. The summed E-state index contributed by atoms with van der Waals surface area (Å²) in [5, 5.41) is 9.72. The Kier molecular flexibility index (Phi) is 3.79. The van der Waals surface area contributed by atoms with Crippen LogP contribution in [0.4, 0.5) is 0 Å². The number of carbonyl (C=O) groups is 1. The summed E-state index contributed by atoms with van der Waals surface area (Å²) < 4.78 is 0. The van der Waals surface area contributed by atoms with Gasteiger partial charge in [0.25, 0.3) is 0 Å². The van der Waals surface area contributed by atoms with Gasteiger partial charge in [0.1, 0.15) is 12.2 Å². The molecule has 16 heavy (non-hydrogen) atoms. The molecule has 1 aliphatic rings. The zero-order valence-corrected chi connectivity index (χ0v) is 9.96. The highest BCUT2D eigenvalue weighted by molar-refractivity contribution is 7.99. The molecule has 2 heterocycles. The standard InChI is InChI=1S/C9H15N5OS/c1-14(4-8-11-6-12-13-8)9(15)7-5-16-3-2-10-7/h6-7,10H,2-5H2,1H3,(H,11,12,13). The second-order valence-electron chi connectivity index (χ2n) is 3.71. The van der Waals surface area contributed by atoms with E-state index in [0.29, 0.717) is 12.4 Å². The molecule has 1 atom stereocenters. The Morgan fingerprint density at radius 2 is 2.62 bits per heavy atom. The Morgan fingerprint density at radius 3 is 3.25 bits per heavy atom. The van der Waals surface area contributed by atoms with Gasteiger partial charge < -0.3 is 10.2 Å². The molecule has 0 spiro atoms. The normalized spacial score (nSPS) is 20.7. The number of aromatic nitrogens is 3. The van der Waals surface area contributed by atoms with Crippen molar-refractivity contribution >= 4 is 17.7 Å². The zero-order chi connectivity index (χ0) is 11.4. The van der Waals surface area contributed by atoms with E-state index in [2.05, 4.69) is 20.5 Å². The smallest absolute Gasteiger partial charge is 0.240 e. The Labute approximate surface area is 98.2 Å². The van der Waals surface area contributed by atoms with Crippen LogP contribution in [0.3, 0.4) is 0 Å². The van der Waals surface area contributed by atoms with Crippen LogP contribution in [-0.2, 0) is 11.3 Å². The molecule has 1 unspecified atom stereocenters. The molecule has 0 bridgehead atoms. The van der Waals surface area contributed by atoms with E-state index in [1.54, 1.807) is 11.9 Å². The third kappa shape index (κ3) is 2.73. The largest absolute Gasteiger partial charge is 0.337 e. The van der Waals surface area contributed by atoms with Crippen LogP contribution in [0.25, 0.3) is 0 Å². The molecule has 1 fully saturated rings. The van der Waals surface area contributed by atoms with Gasteiger partial charge in [0, 0.05) is 25.1 Å². The molecule has 2 rings (SSSR count). The summed E-state index contributed by atoms with van der Waals surface area (Å²) in [6.45, 7) is 1.37. The Bertz CT molecular complexity index is 336. The van der Waals surface area contributed by atoms with E-state index in [9.17, 15) is 4.79 Å². The van der Waals surface area contributed by atoms with Crippen molar-refractivity contribution in [2.75, 3.05) is 25.1 Å². The second kappa shape index (κ2) is 5.31. The average Bonchev–Trinajstić information content (AvgIpc) is 2.82. The molecule has 1 amide bonds. The number of amides is 1. The molecule has 6 nitrogen and oxygen atoms in total. The fourth-order valence-corrected chi connectivity index (χ4v) is 2.52. The first-order valence-corrected chi connectivity index (χ1v) is 6.33. The predicted octanol–water partition coefficient (Wildman–Crippen LogP) is -0.532. The van der Waals surface area contributed by atoms with Crippen LogP contribution in [0.5, 0.6) is 0 Å². The summed E-state index contributed by atoms with van der Waals surface area (Å²) in [6, 6.07) is -0.0633. The summed E-state index contributed by atoms with van der Waals surface area (Å²) >= 11 is 1.81. The third-order valence-corrected chi connectivity index (χ3v) is 3.51. The zero-order valence-electron chi connectivity index (χ0n) is 9.14. The lowest BCUT2D eigenvalue weighted by Crippen LogP contribution is -2.49. The van der Waals surface area contributed by atoms with Gasteiger partial charge in [-0.15, -0.1) is 0 Å². The van der Waals surface area contributed by atoms with Gasteiger partial charge in [-0.2, -0.15) is 16.9 Å². The van der Waals surface area contributed by atoms with Gasteiger partial charge in [-0.05, 0) is 0 Å². The molecule has 2 N–H and O–H groups in total. The third-order valence-electron chi connectivity index (χ3n) is 2.45. The number of carbonyl (C=O) groups excluding carboxylic acids is 1. The molecule has 0 aliphatic carbocycles. The average molecular weight is 241 g/mol. The number of nitrogens with zero attached hydrogens (tertiary/aromatic N) is 3. The van der Waals surface area contributed by atoms with Crippen LogP contribution in [0.15, 0.2) is 6.33 Å². The van der Waals surface area contributed by atoms with Crippen LogP contribution >= 0.6 is 11.8 Å². The van der Waals surface area contributed by atoms with Crippen LogP contribution in [0, 0.1) is 0 Å². The fraction of sp³-hybridized carbons (Fsp3) is 0.667. The van der Waals surface area contributed by atoms with Crippen molar-refractivity contribution in [3.8, 4) is 0 Å². The highest BCUT2D eigenvalue weighted by atomic mass is 32.2. The lowest BCUT2D eigenvalue weighted by Gasteiger charge is -2.26. The number of rotatable bonds is 3. The molecule has 0 saturated carbocycles. The van der Waals surface area contributed by atoms with E-state index < -0.39 is 0 Å². The van der Waals surface area contributed by atoms with Gasteiger partial charge in [-0.1, -0.05) is 0 Å². The summed E-state index contributed by atoms with van der Waals surface area (Å²) in [6.07, 6.45) is 1.45. The van der Waals surface area contributed by atoms with Crippen LogP contribution < -0.4 is 5.32 Å². The Morgan fingerprint density at radius 1 is 1.75 bits per heavy atom. The first kappa shape index (κ1) is 11.4. The highest BCUT2D eigenvalue weighted by Gasteiger charge is 2.24. The summed E-state index contributed by atoms with van der Waals surface area (Å²) in [7, 11) is 1.78. The lowest BCUT2D eigenvalue weighted by atomic mass is 10.3. The maximum Gasteiger partial charge on any atom is 0.240 e. The maximum atomic E-state index is 12.0. The van der Waals surface area contributed by atoms with E-state index in [1.807, 2.05) is 11.8 Å². The predicted molar refractivity (Wildman–Crippen MR) is 62.0 cm³/mol. The minimum atomic E-state index is -0.0633. The molecule has 1 aromatic heterocycles. The SMILES string of the molecule is CN(Cc1ncn[nH]1)C(=O)C1CSCCN1. The van der Waals surface area contributed by atoms with Gasteiger partial charge in [0.05, 0.1) is 12.6 Å². The number of nitrogens with one attached hydrogen (secondary N) is 2. The molecule has 1 saturated heterocycles. The molecular weight excluding hydrogens is 226 g/mol. The van der Waals surface area contributed by atoms with Crippen molar-refractivity contribution in [2.24, 2.45) is 0 Å². The van der Waals surface area contributed by atoms with E-state index in [4.69, 9.17) is 0 Å². The summed E-state index contributed by atoms with van der Waals surface area (Å²) in [5.41, 5.74) is 0. The number of hydrogen-bond donors (Lipinski definition) is 2. The minimum absolute atomic E-state index is 0.0633. The van der Waals surface area contributed by atoms with Gasteiger partial charge in [-0.3, -0.25) is 9.89 Å². The van der Waals surface area contributed by atoms with Crippen LogP contribution in [0.2, 0.25) is 0 Å². The first-order chi connectivity index (χ1) is 7.77. The lowest BCUT2D eigenvalue weighted by molar-refractivity contribution is -0.132. The monoisotopic (exact) mass is 241 g/mol. The Balaban J connectivity index is 1.88. The molecule has 0 aromatic carbocycles. The molecule has 0 radical (unpaired) electrons. The number of likely N-dealkylation sites (N-methyl/N-ethyl adjacent to an activating group) is 1. The number of thioether (sulfide) groups is 1. The van der Waals surface area contributed by atoms with E-state index >= 15 is 0 Å². The van der Waals surface area contributed by atoms with Gasteiger partial charge >= 0.3 is 0 Å². The minimum Gasteiger partial charge on any atom is -0.337 e. The van der Waals surface area contributed by atoms with Gasteiger partial charge in [-0.25, -0.2) is 4.98 Å². The molecular formula is C9H15N5OS. The van der Waals surface area contributed by atoms with Crippen LogP contribution in [0.1, 0.15) is 5.82 Å². The molecule has 7 heteroatoms. The van der Waals surface area contributed by atoms with Crippen molar-refractivity contribution in [1.82, 2.24) is 25.4 Å². The Hall–Kier alpha value is -1.08. The fourth-order valence-electron chi connectivity index (χ4n) is 1.60. The van der Waals surface area contributed by atoms with E-state index in [1.165, 1.54) is 6.33 Å². The van der Waals surface area contributed by atoms with Crippen molar-refractivity contribution in [2.45, 2.75) is 12.6 Å². The number of H-pyrrole nitrogens is 1. The molecule has 1 aliphatic heterocycles. The first-order valence-electron chi connectivity index (χ1n) is 5.17. The van der Waals surface area contributed by atoms with Crippen LogP contribution in [-0.4, -0.2) is 57.1 Å². The summed E-state index contributed by atoms with van der Waals surface area (Å²) in [4.78, 5) is 17.7. The molecule has 1 aromatic rings. The second-order valence-corrected chi connectivity index (χ2v) is 4.86. The summed E-state index contributed by atoms with van der Waals surface area (Å²) in [5.74, 6) is 2.75. The van der Waals surface area contributed by atoms with Crippen molar-refractivity contribution in [3.05, 3.63) is 12.2 Å². The number of aromatic amines is 1. The van der Waals surface area contributed by atoms with Crippen molar-refractivity contribution < 1.29 is 4.79 Å². The molecule has 88 valence electrons. The van der Waals surface area contributed by atoms with Gasteiger partial charge in [0.2, 0.25) is 5.91 Å². The number of hydrogen-bond acceptors (Lipinski definition) is 5. The van der Waals surface area contributed by atoms with Gasteiger partial charge in [0.15, 0.2) is 0 Å². The quantitative estimate of drug-likeness (QED) is 0.744. The topological polar surface area (TPSA) is 73.9 Å². The maximum absolute atomic E-state index is 12.0. The van der Waals surface area contributed by atoms with Crippen molar-refractivity contribution in [3.63, 3.8) is 0 Å².